The van der Waals surface area contributed by atoms with Gasteiger partial charge in [0.25, 0.3) is 0 Å². The van der Waals surface area contributed by atoms with Crippen LogP contribution in [0.1, 0.15) is 39.2 Å². The lowest BCUT2D eigenvalue weighted by Gasteiger charge is -2.19. The number of hydrogen-bond donors (Lipinski definition) is 1. The maximum Gasteiger partial charge on any atom is 0.218 e. The predicted molar refractivity (Wildman–Crippen MR) is 69.0 cm³/mol. The molecule has 1 heterocycles. The summed E-state index contributed by atoms with van der Waals surface area (Å²) in [5.74, 6) is 1.28. The Morgan fingerprint density at radius 1 is 1.41 bits per heavy atom. The van der Waals surface area contributed by atoms with Crippen LogP contribution in [-0.4, -0.2) is 17.1 Å². The SMILES string of the molecule is CC(C)C(C)Oc1ncccc1CNC1CC1. The van der Waals surface area contributed by atoms with Gasteiger partial charge in [0.15, 0.2) is 0 Å². The van der Waals surface area contributed by atoms with Gasteiger partial charge in [-0.3, -0.25) is 0 Å². The largest absolute Gasteiger partial charge is 0.474 e. The Morgan fingerprint density at radius 3 is 2.82 bits per heavy atom. The molecule has 1 aromatic heterocycles. The average Bonchev–Trinajstić information content (AvgIpc) is 3.11. The lowest BCUT2D eigenvalue weighted by molar-refractivity contribution is 0.161. The molecule has 1 N–H and O–H groups in total. The van der Waals surface area contributed by atoms with E-state index in [9.17, 15) is 0 Å². The second kappa shape index (κ2) is 5.50. The van der Waals surface area contributed by atoms with Crippen molar-refractivity contribution in [2.75, 3.05) is 0 Å². The third kappa shape index (κ3) is 3.70. The van der Waals surface area contributed by atoms with Gasteiger partial charge in [0.2, 0.25) is 5.88 Å². The molecular formula is C14H22N2O. The normalized spacial score (nSPS) is 17.2. The molecule has 0 saturated heterocycles. The van der Waals surface area contributed by atoms with Gasteiger partial charge in [-0.05, 0) is 31.7 Å². The summed E-state index contributed by atoms with van der Waals surface area (Å²) < 4.78 is 5.91. The molecule has 1 fully saturated rings. The van der Waals surface area contributed by atoms with Crippen molar-refractivity contribution < 1.29 is 4.74 Å². The predicted octanol–water partition coefficient (Wildman–Crippen LogP) is 2.76. The number of hydrogen-bond acceptors (Lipinski definition) is 3. The van der Waals surface area contributed by atoms with E-state index in [0.717, 1.165) is 18.0 Å². The van der Waals surface area contributed by atoms with Crippen molar-refractivity contribution in [3.8, 4) is 5.88 Å². The van der Waals surface area contributed by atoms with Gasteiger partial charge in [-0.25, -0.2) is 4.98 Å². The van der Waals surface area contributed by atoms with Crippen molar-refractivity contribution in [3.63, 3.8) is 0 Å². The van der Waals surface area contributed by atoms with Gasteiger partial charge in [-0.15, -0.1) is 0 Å². The minimum absolute atomic E-state index is 0.199. The van der Waals surface area contributed by atoms with Gasteiger partial charge in [0.1, 0.15) is 0 Å². The molecule has 0 amide bonds. The molecule has 1 aliphatic carbocycles. The molecule has 0 radical (unpaired) electrons. The smallest absolute Gasteiger partial charge is 0.218 e. The summed E-state index contributed by atoms with van der Waals surface area (Å²) in [5.41, 5.74) is 1.16. The molecule has 0 aliphatic heterocycles. The van der Waals surface area contributed by atoms with E-state index in [1.54, 1.807) is 6.20 Å². The van der Waals surface area contributed by atoms with Crippen LogP contribution in [-0.2, 0) is 6.54 Å². The fourth-order valence-electron chi connectivity index (χ4n) is 1.52. The zero-order valence-electron chi connectivity index (χ0n) is 10.9. The Bertz CT molecular complexity index is 361. The molecule has 3 heteroatoms. The third-order valence-electron chi connectivity index (χ3n) is 3.24. The fourth-order valence-corrected chi connectivity index (χ4v) is 1.52. The molecule has 94 valence electrons. The highest BCUT2D eigenvalue weighted by Crippen LogP contribution is 2.22. The minimum Gasteiger partial charge on any atom is -0.474 e. The molecule has 0 aromatic carbocycles. The number of ether oxygens (including phenoxy) is 1. The maximum absolute atomic E-state index is 5.91. The molecule has 2 rings (SSSR count). The Kier molecular flexibility index (Phi) is 4.00. The first-order valence-electron chi connectivity index (χ1n) is 6.50. The average molecular weight is 234 g/mol. The first kappa shape index (κ1) is 12.4. The van der Waals surface area contributed by atoms with Gasteiger partial charge >= 0.3 is 0 Å². The van der Waals surface area contributed by atoms with Crippen molar-refractivity contribution in [3.05, 3.63) is 23.9 Å². The molecule has 1 atom stereocenters. The van der Waals surface area contributed by atoms with E-state index in [-0.39, 0.29) is 6.10 Å². The van der Waals surface area contributed by atoms with Gasteiger partial charge < -0.3 is 10.1 Å². The zero-order valence-corrected chi connectivity index (χ0v) is 10.9. The van der Waals surface area contributed by atoms with Crippen LogP contribution >= 0.6 is 0 Å². The van der Waals surface area contributed by atoms with Crippen LogP contribution in [0.4, 0.5) is 0 Å². The topological polar surface area (TPSA) is 34.1 Å². The first-order chi connectivity index (χ1) is 8.16. The van der Waals surface area contributed by atoms with E-state index >= 15 is 0 Å². The summed E-state index contributed by atoms with van der Waals surface area (Å²) in [4.78, 5) is 4.34. The third-order valence-corrected chi connectivity index (χ3v) is 3.24. The van der Waals surface area contributed by atoms with E-state index in [0.29, 0.717) is 12.0 Å². The number of nitrogens with zero attached hydrogens (tertiary/aromatic N) is 1. The van der Waals surface area contributed by atoms with E-state index in [1.165, 1.54) is 12.8 Å². The Labute approximate surface area is 104 Å². The number of pyridine rings is 1. The van der Waals surface area contributed by atoms with Gasteiger partial charge in [0.05, 0.1) is 6.10 Å². The highest BCUT2D eigenvalue weighted by molar-refractivity contribution is 5.25. The second-order valence-corrected chi connectivity index (χ2v) is 5.19. The first-order valence-corrected chi connectivity index (χ1v) is 6.50. The standard InChI is InChI=1S/C14H22N2O/c1-10(2)11(3)17-14-12(5-4-8-15-14)9-16-13-6-7-13/h4-5,8,10-11,13,16H,6-7,9H2,1-3H3. The maximum atomic E-state index is 5.91. The van der Waals surface area contributed by atoms with Crippen molar-refractivity contribution in [1.29, 1.82) is 0 Å². The van der Waals surface area contributed by atoms with Crippen molar-refractivity contribution >= 4 is 0 Å². The van der Waals surface area contributed by atoms with E-state index in [4.69, 9.17) is 4.74 Å². The minimum atomic E-state index is 0.199. The second-order valence-electron chi connectivity index (χ2n) is 5.19. The highest BCUT2D eigenvalue weighted by atomic mass is 16.5. The summed E-state index contributed by atoms with van der Waals surface area (Å²) in [7, 11) is 0. The number of aromatic nitrogens is 1. The van der Waals surface area contributed by atoms with Gasteiger partial charge in [0, 0.05) is 24.3 Å². The molecular weight excluding hydrogens is 212 g/mol. The van der Waals surface area contributed by atoms with Crippen LogP contribution in [0.3, 0.4) is 0 Å². The van der Waals surface area contributed by atoms with E-state index in [2.05, 4.69) is 37.1 Å². The Morgan fingerprint density at radius 2 is 2.18 bits per heavy atom. The van der Waals surface area contributed by atoms with E-state index < -0.39 is 0 Å². The fraction of sp³-hybridized carbons (Fsp3) is 0.643. The quantitative estimate of drug-likeness (QED) is 0.822. The molecule has 0 spiro atoms. The van der Waals surface area contributed by atoms with Crippen LogP contribution in [0.25, 0.3) is 0 Å². The lowest BCUT2D eigenvalue weighted by atomic mass is 10.1. The van der Waals surface area contributed by atoms with Crippen LogP contribution in [0.15, 0.2) is 18.3 Å². The lowest BCUT2D eigenvalue weighted by Crippen LogP contribution is -2.22. The molecule has 1 aromatic rings. The summed E-state index contributed by atoms with van der Waals surface area (Å²) in [6, 6.07) is 4.77. The number of nitrogens with one attached hydrogen (secondary N) is 1. The van der Waals surface area contributed by atoms with Crippen molar-refractivity contribution in [1.82, 2.24) is 10.3 Å². The monoisotopic (exact) mass is 234 g/mol. The van der Waals surface area contributed by atoms with Gasteiger partial charge in [-0.1, -0.05) is 19.9 Å². The zero-order chi connectivity index (χ0) is 12.3. The van der Waals surface area contributed by atoms with Crippen LogP contribution in [0, 0.1) is 5.92 Å². The summed E-state index contributed by atoms with van der Waals surface area (Å²) >= 11 is 0. The van der Waals surface area contributed by atoms with Crippen LogP contribution in [0.5, 0.6) is 5.88 Å². The van der Waals surface area contributed by atoms with Crippen molar-refractivity contribution in [2.24, 2.45) is 5.92 Å². The molecule has 0 bridgehead atoms. The highest BCUT2D eigenvalue weighted by Gasteiger charge is 2.21. The van der Waals surface area contributed by atoms with Crippen LogP contribution in [0.2, 0.25) is 0 Å². The Hall–Kier alpha value is -1.09. The molecule has 1 aliphatic rings. The number of rotatable bonds is 6. The molecule has 17 heavy (non-hydrogen) atoms. The summed E-state index contributed by atoms with van der Waals surface area (Å²) in [6.07, 6.45) is 4.60. The van der Waals surface area contributed by atoms with Crippen molar-refractivity contribution in [2.45, 2.75) is 52.3 Å². The molecule has 1 saturated carbocycles. The molecule has 1 unspecified atom stereocenters. The van der Waals surface area contributed by atoms with Gasteiger partial charge in [-0.2, -0.15) is 0 Å². The molecule has 3 nitrogen and oxygen atoms in total. The van der Waals surface area contributed by atoms with Crippen LogP contribution < -0.4 is 10.1 Å². The summed E-state index contributed by atoms with van der Waals surface area (Å²) in [5, 5.41) is 3.50. The Balaban J connectivity index is 1.98. The van der Waals surface area contributed by atoms with E-state index in [1.807, 2.05) is 6.07 Å². The summed E-state index contributed by atoms with van der Waals surface area (Å²) in [6.45, 7) is 7.28.